The molecule has 1 rings (SSSR count). The van der Waals surface area contributed by atoms with Crippen molar-refractivity contribution in [2.45, 2.75) is 46.1 Å². The van der Waals surface area contributed by atoms with Crippen LogP contribution in [0.5, 0.6) is 0 Å². The van der Waals surface area contributed by atoms with Crippen molar-refractivity contribution in [2.75, 3.05) is 6.61 Å². The fourth-order valence-electron chi connectivity index (χ4n) is 1.47. The van der Waals surface area contributed by atoms with E-state index in [4.69, 9.17) is 9.15 Å². The smallest absolute Gasteiger partial charge is 0.129 e. The molecule has 0 radical (unpaired) electrons. The first-order chi connectivity index (χ1) is 7.33. The second kappa shape index (κ2) is 7.52. The lowest BCUT2D eigenvalue weighted by atomic mass is 10.0. The van der Waals surface area contributed by atoms with Crippen molar-refractivity contribution in [1.29, 1.82) is 0 Å². The highest BCUT2D eigenvalue weighted by atomic mass is 16.5. The Hall–Kier alpha value is -0.760. The predicted molar refractivity (Wildman–Crippen MR) is 61.7 cm³/mol. The molecule has 0 aliphatic rings. The van der Waals surface area contributed by atoms with Gasteiger partial charge in [-0.1, -0.05) is 33.1 Å². The molecule has 1 aromatic heterocycles. The Morgan fingerprint density at radius 3 is 2.93 bits per heavy atom. The molecule has 0 amide bonds. The van der Waals surface area contributed by atoms with Crippen molar-refractivity contribution in [2.24, 2.45) is 5.92 Å². The minimum absolute atomic E-state index is 0.607. The van der Waals surface area contributed by atoms with Gasteiger partial charge in [0, 0.05) is 6.61 Å². The van der Waals surface area contributed by atoms with Gasteiger partial charge >= 0.3 is 0 Å². The molecule has 1 unspecified atom stereocenters. The second-order valence-corrected chi connectivity index (χ2v) is 4.14. The molecule has 0 spiro atoms. The maximum absolute atomic E-state index is 5.50. The summed E-state index contributed by atoms with van der Waals surface area (Å²) in [5.41, 5.74) is 0. The van der Waals surface area contributed by atoms with E-state index in [0.29, 0.717) is 6.61 Å². The average molecular weight is 210 g/mol. The highest BCUT2D eigenvalue weighted by Crippen LogP contribution is 2.11. The predicted octanol–water partition coefficient (Wildman–Crippen LogP) is 4.01. The van der Waals surface area contributed by atoms with Crippen LogP contribution in [0.25, 0.3) is 0 Å². The lowest BCUT2D eigenvalue weighted by molar-refractivity contribution is 0.102. The van der Waals surface area contributed by atoms with Gasteiger partial charge < -0.3 is 9.15 Å². The Labute approximate surface area is 92.6 Å². The summed E-state index contributed by atoms with van der Waals surface area (Å²) in [6.45, 7) is 6.01. The molecule has 0 saturated heterocycles. The molecule has 0 fully saturated rings. The summed E-state index contributed by atoms with van der Waals surface area (Å²) >= 11 is 0. The quantitative estimate of drug-likeness (QED) is 0.605. The van der Waals surface area contributed by atoms with Gasteiger partial charge in [0.1, 0.15) is 12.4 Å². The summed E-state index contributed by atoms with van der Waals surface area (Å²) in [7, 11) is 0. The van der Waals surface area contributed by atoms with Crippen molar-refractivity contribution < 1.29 is 9.15 Å². The van der Waals surface area contributed by atoms with Crippen LogP contribution in [0.4, 0.5) is 0 Å². The molecule has 0 saturated carbocycles. The monoisotopic (exact) mass is 210 g/mol. The maximum atomic E-state index is 5.50. The molecule has 0 aliphatic carbocycles. The molecule has 15 heavy (non-hydrogen) atoms. The van der Waals surface area contributed by atoms with E-state index in [2.05, 4.69) is 13.8 Å². The minimum atomic E-state index is 0.607. The standard InChI is InChI=1S/C13H22O2/c1-3-12(2)7-4-5-9-14-11-13-8-6-10-15-13/h6,8,10,12H,3-5,7,9,11H2,1-2H3. The van der Waals surface area contributed by atoms with E-state index in [0.717, 1.165) is 24.7 Å². The number of hydrogen-bond acceptors (Lipinski definition) is 2. The van der Waals surface area contributed by atoms with Crippen LogP contribution in [0, 0.1) is 5.92 Å². The van der Waals surface area contributed by atoms with Gasteiger partial charge in [-0.3, -0.25) is 0 Å². The number of furan rings is 1. The Balaban J connectivity index is 1.89. The van der Waals surface area contributed by atoms with Crippen LogP contribution >= 0.6 is 0 Å². The summed E-state index contributed by atoms with van der Waals surface area (Å²) in [6.07, 6.45) is 6.72. The molecule has 0 bridgehead atoms. The first-order valence-electron chi connectivity index (χ1n) is 5.93. The number of ether oxygens (including phenoxy) is 1. The van der Waals surface area contributed by atoms with Crippen molar-refractivity contribution in [1.82, 2.24) is 0 Å². The zero-order valence-electron chi connectivity index (χ0n) is 9.87. The van der Waals surface area contributed by atoms with Crippen LogP contribution in [0.2, 0.25) is 0 Å². The third-order valence-electron chi connectivity index (χ3n) is 2.76. The van der Waals surface area contributed by atoms with Gasteiger partial charge in [0.25, 0.3) is 0 Å². The molecular formula is C13H22O2. The van der Waals surface area contributed by atoms with E-state index in [-0.39, 0.29) is 0 Å². The fraction of sp³-hybridized carbons (Fsp3) is 0.692. The van der Waals surface area contributed by atoms with Gasteiger partial charge in [0.15, 0.2) is 0 Å². The molecule has 0 aliphatic heterocycles. The van der Waals surface area contributed by atoms with Crippen molar-refractivity contribution in [3.63, 3.8) is 0 Å². The van der Waals surface area contributed by atoms with E-state index in [1.807, 2.05) is 12.1 Å². The average Bonchev–Trinajstić information content (AvgIpc) is 2.75. The van der Waals surface area contributed by atoms with Crippen molar-refractivity contribution in [3.8, 4) is 0 Å². The first-order valence-corrected chi connectivity index (χ1v) is 5.93. The summed E-state index contributed by atoms with van der Waals surface area (Å²) in [5, 5.41) is 0. The number of rotatable bonds is 8. The Bertz CT molecular complexity index is 229. The van der Waals surface area contributed by atoms with Crippen LogP contribution in [-0.2, 0) is 11.3 Å². The Morgan fingerprint density at radius 1 is 1.40 bits per heavy atom. The number of hydrogen-bond donors (Lipinski definition) is 0. The van der Waals surface area contributed by atoms with Crippen LogP contribution in [0.1, 0.15) is 45.3 Å². The zero-order chi connectivity index (χ0) is 10.9. The van der Waals surface area contributed by atoms with Gasteiger partial charge in [0.2, 0.25) is 0 Å². The molecule has 1 heterocycles. The minimum Gasteiger partial charge on any atom is -0.467 e. The van der Waals surface area contributed by atoms with E-state index < -0.39 is 0 Å². The molecule has 0 N–H and O–H groups in total. The van der Waals surface area contributed by atoms with Crippen LogP contribution in [-0.4, -0.2) is 6.61 Å². The summed E-state index contributed by atoms with van der Waals surface area (Å²) < 4.78 is 10.7. The topological polar surface area (TPSA) is 22.4 Å². The second-order valence-electron chi connectivity index (χ2n) is 4.14. The van der Waals surface area contributed by atoms with Crippen LogP contribution in [0.15, 0.2) is 22.8 Å². The Morgan fingerprint density at radius 2 is 2.27 bits per heavy atom. The summed E-state index contributed by atoms with van der Waals surface area (Å²) in [4.78, 5) is 0. The van der Waals surface area contributed by atoms with E-state index >= 15 is 0 Å². The van der Waals surface area contributed by atoms with Gasteiger partial charge in [-0.25, -0.2) is 0 Å². The fourth-order valence-corrected chi connectivity index (χ4v) is 1.47. The summed E-state index contributed by atoms with van der Waals surface area (Å²) in [5.74, 6) is 1.77. The molecule has 1 aromatic rings. The highest BCUT2D eigenvalue weighted by molar-refractivity contribution is 4.95. The third-order valence-corrected chi connectivity index (χ3v) is 2.76. The van der Waals surface area contributed by atoms with Gasteiger partial charge in [0.05, 0.1) is 6.26 Å². The largest absolute Gasteiger partial charge is 0.467 e. The van der Waals surface area contributed by atoms with E-state index in [9.17, 15) is 0 Å². The van der Waals surface area contributed by atoms with Crippen LogP contribution in [0.3, 0.4) is 0 Å². The van der Waals surface area contributed by atoms with Gasteiger partial charge in [-0.05, 0) is 24.5 Å². The highest BCUT2D eigenvalue weighted by Gasteiger charge is 1.99. The van der Waals surface area contributed by atoms with Gasteiger partial charge in [-0.15, -0.1) is 0 Å². The normalized spacial score (nSPS) is 12.9. The lowest BCUT2D eigenvalue weighted by Gasteiger charge is -2.07. The zero-order valence-corrected chi connectivity index (χ0v) is 9.87. The number of unbranched alkanes of at least 4 members (excludes halogenated alkanes) is 1. The molecular weight excluding hydrogens is 188 g/mol. The molecule has 86 valence electrons. The van der Waals surface area contributed by atoms with Crippen LogP contribution < -0.4 is 0 Å². The van der Waals surface area contributed by atoms with Crippen molar-refractivity contribution >= 4 is 0 Å². The van der Waals surface area contributed by atoms with E-state index in [1.165, 1.54) is 19.3 Å². The lowest BCUT2D eigenvalue weighted by Crippen LogP contribution is -1.97. The summed E-state index contributed by atoms with van der Waals surface area (Å²) in [6, 6.07) is 3.83. The van der Waals surface area contributed by atoms with Gasteiger partial charge in [-0.2, -0.15) is 0 Å². The maximum Gasteiger partial charge on any atom is 0.129 e. The Kier molecular flexibility index (Phi) is 6.17. The first kappa shape index (κ1) is 12.3. The molecule has 2 nitrogen and oxygen atoms in total. The SMILES string of the molecule is CCC(C)CCCCOCc1ccco1. The van der Waals surface area contributed by atoms with Crippen molar-refractivity contribution in [3.05, 3.63) is 24.2 Å². The molecule has 0 aromatic carbocycles. The van der Waals surface area contributed by atoms with E-state index in [1.54, 1.807) is 6.26 Å². The molecule has 1 atom stereocenters. The molecule has 2 heteroatoms. The third kappa shape index (κ3) is 5.63.